The van der Waals surface area contributed by atoms with Gasteiger partial charge >= 0.3 is 0 Å². The number of hydrogen-bond acceptors (Lipinski definition) is 4. The number of piperidine rings is 1. The van der Waals surface area contributed by atoms with Gasteiger partial charge in [0.15, 0.2) is 0 Å². The third-order valence-corrected chi connectivity index (χ3v) is 6.25. The Morgan fingerprint density at radius 2 is 1.37 bits per heavy atom. The molecule has 2 heterocycles. The highest BCUT2D eigenvalue weighted by Gasteiger charge is 2.24. The summed E-state index contributed by atoms with van der Waals surface area (Å²) in [7, 11) is 0. The van der Waals surface area contributed by atoms with Crippen LogP contribution in [0.5, 0.6) is 5.75 Å². The second kappa shape index (κ2) is 7.29. The first-order valence-corrected chi connectivity index (χ1v) is 10.3. The van der Waals surface area contributed by atoms with Crippen LogP contribution in [0.15, 0.2) is 82.6 Å². The van der Waals surface area contributed by atoms with E-state index in [9.17, 15) is 0 Å². The monoisotopic (exact) mass is 374 g/mol. The van der Waals surface area contributed by atoms with Crippen molar-refractivity contribution in [2.75, 3.05) is 18.0 Å². The van der Waals surface area contributed by atoms with Crippen LogP contribution >= 0.6 is 11.8 Å². The Balaban J connectivity index is 1.47. The van der Waals surface area contributed by atoms with E-state index >= 15 is 0 Å². The summed E-state index contributed by atoms with van der Waals surface area (Å²) in [4.78, 5) is 4.91. The van der Waals surface area contributed by atoms with E-state index in [1.54, 1.807) is 0 Å². The summed E-state index contributed by atoms with van der Waals surface area (Å²) >= 11 is 1.84. The second-order valence-electron chi connectivity index (χ2n) is 6.93. The Labute approximate surface area is 164 Å². The molecule has 2 aliphatic heterocycles. The minimum Gasteiger partial charge on any atom is -0.490 e. The number of ether oxygens (including phenoxy) is 1. The van der Waals surface area contributed by atoms with Crippen LogP contribution in [0.2, 0.25) is 0 Å². The maximum absolute atomic E-state index is 6.17. The Kier molecular flexibility index (Phi) is 4.52. The van der Waals surface area contributed by atoms with E-state index in [2.05, 4.69) is 83.0 Å². The molecule has 0 aromatic heterocycles. The predicted octanol–water partition coefficient (Wildman–Crippen LogP) is 5.75. The van der Waals surface area contributed by atoms with Crippen LogP contribution in [-0.4, -0.2) is 19.2 Å². The first kappa shape index (κ1) is 16.7. The van der Waals surface area contributed by atoms with Gasteiger partial charge in [-0.1, -0.05) is 36.0 Å². The third-order valence-electron chi connectivity index (χ3n) is 5.12. The molecule has 1 N–H and O–H groups in total. The lowest BCUT2D eigenvalue weighted by molar-refractivity contribution is 0.162. The number of benzene rings is 3. The van der Waals surface area contributed by atoms with E-state index < -0.39 is 0 Å². The Morgan fingerprint density at radius 3 is 2.00 bits per heavy atom. The predicted molar refractivity (Wildman–Crippen MR) is 112 cm³/mol. The number of nitrogens with one attached hydrogen (secondary N) is 1. The summed E-state index contributed by atoms with van der Waals surface area (Å²) in [5.41, 5.74) is 3.62. The van der Waals surface area contributed by atoms with Crippen LogP contribution in [0.25, 0.3) is 0 Å². The first-order chi connectivity index (χ1) is 13.4. The number of para-hydroxylation sites is 2. The largest absolute Gasteiger partial charge is 0.490 e. The Morgan fingerprint density at radius 1 is 0.778 bits per heavy atom. The van der Waals surface area contributed by atoms with Gasteiger partial charge in [-0.3, -0.25) is 0 Å². The number of anilines is 3. The summed E-state index contributed by atoms with van der Waals surface area (Å²) in [6, 6.07) is 25.7. The molecule has 0 unspecified atom stereocenters. The molecule has 0 atom stereocenters. The van der Waals surface area contributed by atoms with Gasteiger partial charge in [0, 0.05) is 15.5 Å². The van der Waals surface area contributed by atoms with E-state index in [1.807, 2.05) is 11.8 Å². The molecule has 5 rings (SSSR count). The van der Waals surface area contributed by atoms with Gasteiger partial charge in [0.1, 0.15) is 11.9 Å². The van der Waals surface area contributed by atoms with E-state index in [0.29, 0.717) is 6.10 Å². The van der Waals surface area contributed by atoms with E-state index in [4.69, 9.17) is 4.74 Å². The zero-order chi connectivity index (χ0) is 18.1. The van der Waals surface area contributed by atoms with Gasteiger partial charge < -0.3 is 15.0 Å². The Bertz CT molecular complexity index is 890. The zero-order valence-electron chi connectivity index (χ0n) is 15.1. The van der Waals surface area contributed by atoms with Gasteiger partial charge in [0.2, 0.25) is 0 Å². The molecule has 3 nitrogen and oxygen atoms in total. The molecule has 0 bridgehead atoms. The molecule has 27 heavy (non-hydrogen) atoms. The van der Waals surface area contributed by atoms with Crippen molar-refractivity contribution in [3.05, 3.63) is 72.8 Å². The lowest BCUT2D eigenvalue weighted by atomic mass is 10.1. The van der Waals surface area contributed by atoms with Crippen molar-refractivity contribution in [2.24, 2.45) is 0 Å². The average Bonchev–Trinajstić information content (AvgIpc) is 2.73. The lowest BCUT2D eigenvalue weighted by Crippen LogP contribution is -2.34. The molecule has 1 saturated heterocycles. The highest BCUT2D eigenvalue weighted by Crippen LogP contribution is 2.51. The molecule has 0 radical (unpaired) electrons. The molecular weight excluding hydrogens is 352 g/mol. The summed E-state index contributed by atoms with van der Waals surface area (Å²) in [6.07, 6.45) is 2.47. The molecule has 2 aliphatic rings. The molecule has 0 saturated carbocycles. The van der Waals surface area contributed by atoms with Gasteiger partial charge in [-0.05, 0) is 74.5 Å². The van der Waals surface area contributed by atoms with E-state index in [1.165, 1.54) is 21.2 Å². The first-order valence-electron chi connectivity index (χ1n) is 9.52. The smallest absolute Gasteiger partial charge is 0.119 e. The SMILES string of the molecule is c1ccc2c(c1)Sc1ccccc1N2c1ccc(OC2CCNCC2)cc1. The summed E-state index contributed by atoms with van der Waals surface area (Å²) in [6.45, 7) is 2.09. The lowest BCUT2D eigenvalue weighted by Gasteiger charge is -2.33. The fraction of sp³-hybridized carbons (Fsp3) is 0.217. The number of hydrogen-bond donors (Lipinski definition) is 1. The number of rotatable bonds is 3. The molecule has 0 spiro atoms. The highest BCUT2D eigenvalue weighted by molar-refractivity contribution is 7.99. The molecule has 3 aromatic rings. The summed E-state index contributed by atoms with van der Waals surface area (Å²) in [5, 5.41) is 3.38. The van der Waals surface area contributed by atoms with Gasteiger partial charge in [0.05, 0.1) is 11.4 Å². The normalized spacial score (nSPS) is 16.5. The third kappa shape index (κ3) is 3.31. The van der Waals surface area contributed by atoms with Crippen LogP contribution in [0.4, 0.5) is 17.1 Å². The van der Waals surface area contributed by atoms with Gasteiger partial charge in [0.25, 0.3) is 0 Å². The van der Waals surface area contributed by atoms with Gasteiger partial charge in [-0.15, -0.1) is 0 Å². The van der Waals surface area contributed by atoms with Crippen molar-refractivity contribution < 1.29 is 4.74 Å². The van der Waals surface area contributed by atoms with Crippen molar-refractivity contribution >= 4 is 28.8 Å². The highest BCUT2D eigenvalue weighted by atomic mass is 32.2. The fourth-order valence-corrected chi connectivity index (χ4v) is 4.82. The number of nitrogens with zero attached hydrogens (tertiary/aromatic N) is 1. The number of fused-ring (bicyclic) bond motifs is 2. The van der Waals surface area contributed by atoms with Crippen molar-refractivity contribution in [2.45, 2.75) is 28.7 Å². The minimum absolute atomic E-state index is 0.324. The van der Waals surface area contributed by atoms with Gasteiger partial charge in [-0.25, -0.2) is 0 Å². The summed E-state index contributed by atoms with van der Waals surface area (Å²) in [5.74, 6) is 0.957. The van der Waals surface area contributed by atoms with Crippen LogP contribution < -0.4 is 15.0 Å². The maximum Gasteiger partial charge on any atom is 0.119 e. The standard InChI is InChI=1S/C23H22N2OS/c1-3-7-22-20(5-1)25(21-6-2-4-8-23(21)27-22)17-9-11-18(12-10-17)26-19-13-15-24-16-14-19/h1-12,19,24H,13-16H2. The Hall–Kier alpha value is -2.43. The zero-order valence-corrected chi connectivity index (χ0v) is 15.9. The topological polar surface area (TPSA) is 24.5 Å². The summed E-state index contributed by atoms with van der Waals surface area (Å²) < 4.78 is 6.17. The maximum atomic E-state index is 6.17. The average molecular weight is 375 g/mol. The fourth-order valence-electron chi connectivity index (χ4n) is 3.76. The van der Waals surface area contributed by atoms with Crippen LogP contribution in [0.1, 0.15) is 12.8 Å². The van der Waals surface area contributed by atoms with Crippen molar-refractivity contribution in [1.82, 2.24) is 5.32 Å². The van der Waals surface area contributed by atoms with Crippen LogP contribution in [0, 0.1) is 0 Å². The molecular formula is C23H22N2OS. The molecule has 4 heteroatoms. The van der Waals surface area contributed by atoms with Crippen molar-refractivity contribution in [3.63, 3.8) is 0 Å². The van der Waals surface area contributed by atoms with Crippen LogP contribution in [0.3, 0.4) is 0 Å². The van der Waals surface area contributed by atoms with E-state index in [-0.39, 0.29) is 0 Å². The molecule has 136 valence electrons. The minimum atomic E-state index is 0.324. The van der Waals surface area contributed by atoms with Crippen molar-refractivity contribution in [1.29, 1.82) is 0 Å². The molecule has 0 amide bonds. The quantitative estimate of drug-likeness (QED) is 0.493. The molecule has 0 aliphatic carbocycles. The second-order valence-corrected chi connectivity index (χ2v) is 8.02. The molecule has 1 fully saturated rings. The molecule has 3 aromatic carbocycles. The van der Waals surface area contributed by atoms with Crippen molar-refractivity contribution in [3.8, 4) is 5.75 Å². The van der Waals surface area contributed by atoms with Crippen LogP contribution in [-0.2, 0) is 0 Å². The van der Waals surface area contributed by atoms with E-state index in [0.717, 1.165) is 37.4 Å². The van der Waals surface area contributed by atoms with Gasteiger partial charge in [-0.2, -0.15) is 0 Å².